The summed E-state index contributed by atoms with van der Waals surface area (Å²) in [6, 6.07) is 15.5. The van der Waals surface area contributed by atoms with E-state index in [1.54, 1.807) is 17.4 Å². The molecule has 21 heavy (non-hydrogen) atoms. The SMILES string of the molecule is N=C(N)NC(=O)c1cccc(-c2csc3ccccc23)c1. The van der Waals surface area contributed by atoms with Crippen LogP contribution in [0.4, 0.5) is 0 Å². The second-order valence-electron chi connectivity index (χ2n) is 4.59. The average molecular weight is 295 g/mol. The third-order valence-electron chi connectivity index (χ3n) is 3.16. The molecular formula is C16H13N3OS. The predicted octanol–water partition coefficient (Wildman–Crippen LogP) is 3.19. The van der Waals surface area contributed by atoms with Gasteiger partial charge in [-0.15, -0.1) is 11.3 Å². The van der Waals surface area contributed by atoms with Crippen LogP contribution in [0.1, 0.15) is 10.4 Å². The van der Waals surface area contributed by atoms with Crippen LogP contribution in [0.3, 0.4) is 0 Å². The molecule has 4 nitrogen and oxygen atoms in total. The lowest BCUT2D eigenvalue weighted by Gasteiger charge is -2.05. The van der Waals surface area contributed by atoms with Gasteiger partial charge in [-0.2, -0.15) is 0 Å². The Morgan fingerprint density at radius 2 is 1.95 bits per heavy atom. The lowest BCUT2D eigenvalue weighted by Crippen LogP contribution is -2.35. The summed E-state index contributed by atoms with van der Waals surface area (Å²) in [7, 11) is 0. The first-order valence-electron chi connectivity index (χ1n) is 6.37. The Hall–Kier alpha value is -2.66. The van der Waals surface area contributed by atoms with Gasteiger partial charge in [-0.3, -0.25) is 15.5 Å². The molecule has 5 heteroatoms. The number of rotatable bonds is 2. The maximum atomic E-state index is 11.9. The van der Waals surface area contributed by atoms with Crippen LogP contribution >= 0.6 is 11.3 Å². The second-order valence-corrected chi connectivity index (χ2v) is 5.51. The summed E-state index contributed by atoms with van der Waals surface area (Å²) in [6.07, 6.45) is 0. The summed E-state index contributed by atoms with van der Waals surface area (Å²) >= 11 is 1.68. The van der Waals surface area contributed by atoms with Crippen molar-refractivity contribution in [1.29, 1.82) is 5.41 Å². The van der Waals surface area contributed by atoms with Gasteiger partial charge < -0.3 is 5.73 Å². The summed E-state index contributed by atoms with van der Waals surface area (Å²) in [5.41, 5.74) is 7.76. The summed E-state index contributed by atoms with van der Waals surface area (Å²) in [4.78, 5) is 11.9. The third kappa shape index (κ3) is 2.64. The fourth-order valence-electron chi connectivity index (χ4n) is 2.22. The van der Waals surface area contributed by atoms with Crippen molar-refractivity contribution in [2.24, 2.45) is 5.73 Å². The highest BCUT2D eigenvalue weighted by molar-refractivity contribution is 7.17. The molecule has 0 radical (unpaired) electrons. The molecule has 0 aliphatic carbocycles. The van der Waals surface area contributed by atoms with Crippen molar-refractivity contribution in [3.05, 3.63) is 59.5 Å². The van der Waals surface area contributed by atoms with Crippen LogP contribution in [0.5, 0.6) is 0 Å². The molecule has 0 atom stereocenters. The van der Waals surface area contributed by atoms with E-state index in [0.717, 1.165) is 11.1 Å². The van der Waals surface area contributed by atoms with Crippen molar-refractivity contribution >= 4 is 33.3 Å². The van der Waals surface area contributed by atoms with Gasteiger partial charge in [-0.1, -0.05) is 30.3 Å². The monoisotopic (exact) mass is 295 g/mol. The first kappa shape index (κ1) is 13.3. The smallest absolute Gasteiger partial charge is 0.257 e. The highest BCUT2D eigenvalue weighted by Gasteiger charge is 2.10. The minimum absolute atomic E-state index is 0.355. The van der Waals surface area contributed by atoms with Crippen LogP contribution in [0, 0.1) is 5.41 Å². The van der Waals surface area contributed by atoms with E-state index < -0.39 is 0 Å². The number of fused-ring (bicyclic) bond motifs is 1. The standard InChI is InChI=1S/C16H13N3OS/c17-16(18)19-15(20)11-5-3-4-10(8-11)13-9-21-14-7-2-1-6-12(13)14/h1-9H,(H4,17,18,19,20). The fourth-order valence-corrected chi connectivity index (χ4v) is 3.19. The maximum Gasteiger partial charge on any atom is 0.257 e. The number of hydrogen-bond acceptors (Lipinski definition) is 3. The second kappa shape index (κ2) is 5.38. The minimum Gasteiger partial charge on any atom is -0.370 e. The van der Waals surface area contributed by atoms with E-state index in [2.05, 4.69) is 22.8 Å². The van der Waals surface area contributed by atoms with E-state index in [9.17, 15) is 4.79 Å². The van der Waals surface area contributed by atoms with Gasteiger partial charge >= 0.3 is 0 Å². The summed E-state index contributed by atoms with van der Waals surface area (Å²) in [5, 5.41) is 12.7. The molecule has 0 aliphatic rings. The quantitative estimate of drug-likeness (QED) is 0.501. The minimum atomic E-state index is -0.371. The molecular weight excluding hydrogens is 282 g/mol. The number of nitrogens with one attached hydrogen (secondary N) is 2. The van der Waals surface area contributed by atoms with Crippen LogP contribution in [0.15, 0.2) is 53.9 Å². The van der Waals surface area contributed by atoms with Gasteiger partial charge in [0.15, 0.2) is 5.96 Å². The normalized spacial score (nSPS) is 10.5. The van der Waals surface area contributed by atoms with E-state index in [4.69, 9.17) is 11.1 Å². The maximum absolute atomic E-state index is 11.9. The molecule has 0 unspecified atom stereocenters. The predicted molar refractivity (Wildman–Crippen MR) is 86.6 cm³/mol. The number of guanidine groups is 1. The van der Waals surface area contributed by atoms with Crippen molar-refractivity contribution in [2.45, 2.75) is 0 Å². The molecule has 1 amide bonds. The molecule has 0 fully saturated rings. The number of nitrogens with two attached hydrogens (primary N) is 1. The van der Waals surface area contributed by atoms with Crippen LogP contribution < -0.4 is 11.1 Å². The molecule has 0 bridgehead atoms. The van der Waals surface area contributed by atoms with Crippen molar-refractivity contribution in [1.82, 2.24) is 5.32 Å². The highest BCUT2D eigenvalue weighted by Crippen LogP contribution is 2.33. The Labute approximate surface area is 125 Å². The molecule has 2 aromatic carbocycles. The van der Waals surface area contributed by atoms with Crippen LogP contribution in [-0.4, -0.2) is 11.9 Å². The van der Waals surface area contributed by atoms with Crippen LogP contribution in [0.25, 0.3) is 21.2 Å². The zero-order chi connectivity index (χ0) is 14.8. The zero-order valence-electron chi connectivity index (χ0n) is 11.1. The zero-order valence-corrected chi connectivity index (χ0v) is 11.9. The lowest BCUT2D eigenvalue weighted by atomic mass is 10.0. The topological polar surface area (TPSA) is 79.0 Å². The van der Waals surface area contributed by atoms with Gasteiger partial charge in [-0.25, -0.2) is 0 Å². The van der Waals surface area contributed by atoms with Gasteiger partial charge in [0, 0.05) is 21.2 Å². The fraction of sp³-hybridized carbons (Fsp3) is 0. The molecule has 0 saturated carbocycles. The van der Waals surface area contributed by atoms with Crippen molar-refractivity contribution in [3.63, 3.8) is 0 Å². The van der Waals surface area contributed by atoms with E-state index in [0.29, 0.717) is 5.56 Å². The van der Waals surface area contributed by atoms with Gasteiger partial charge in [0.25, 0.3) is 5.91 Å². The molecule has 0 aliphatic heterocycles. The van der Waals surface area contributed by atoms with Crippen LogP contribution in [0.2, 0.25) is 0 Å². The summed E-state index contributed by atoms with van der Waals surface area (Å²) in [6.45, 7) is 0. The Bertz CT molecular complexity index is 838. The molecule has 104 valence electrons. The number of hydrogen-bond donors (Lipinski definition) is 3. The Kier molecular flexibility index (Phi) is 3.41. The van der Waals surface area contributed by atoms with Gasteiger partial charge in [0.2, 0.25) is 0 Å². The molecule has 0 saturated heterocycles. The highest BCUT2D eigenvalue weighted by atomic mass is 32.1. The van der Waals surface area contributed by atoms with Crippen LogP contribution in [-0.2, 0) is 0 Å². The third-order valence-corrected chi connectivity index (χ3v) is 4.13. The molecule has 1 aromatic heterocycles. The molecule has 4 N–H and O–H groups in total. The van der Waals surface area contributed by atoms with Gasteiger partial charge in [0.05, 0.1) is 0 Å². The molecule has 3 aromatic rings. The van der Waals surface area contributed by atoms with E-state index in [1.807, 2.05) is 30.3 Å². The van der Waals surface area contributed by atoms with Crippen molar-refractivity contribution < 1.29 is 4.79 Å². The number of amides is 1. The first-order valence-corrected chi connectivity index (χ1v) is 7.25. The first-order chi connectivity index (χ1) is 10.1. The number of thiophene rings is 1. The number of carbonyl (C=O) groups is 1. The lowest BCUT2D eigenvalue weighted by molar-refractivity contribution is 0.0976. The summed E-state index contributed by atoms with van der Waals surface area (Å²) in [5.74, 6) is -0.727. The number of carbonyl (C=O) groups excluding carboxylic acids is 1. The molecule has 0 spiro atoms. The van der Waals surface area contributed by atoms with E-state index in [-0.39, 0.29) is 11.9 Å². The largest absolute Gasteiger partial charge is 0.370 e. The molecule has 1 heterocycles. The average Bonchev–Trinajstić information content (AvgIpc) is 2.90. The molecule has 3 rings (SSSR count). The van der Waals surface area contributed by atoms with Crippen molar-refractivity contribution in [3.8, 4) is 11.1 Å². The number of benzene rings is 2. The summed E-state index contributed by atoms with van der Waals surface area (Å²) < 4.78 is 1.21. The van der Waals surface area contributed by atoms with Crippen molar-refractivity contribution in [2.75, 3.05) is 0 Å². The Balaban J connectivity index is 2.03. The van der Waals surface area contributed by atoms with Gasteiger partial charge in [-0.05, 0) is 29.1 Å². The van der Waals surface area contributed by atoms with E-state index >= 15 is 0 Å². The Morgan fingerprint density at radius 1 is 1.14 bits per heavy atom. The Morgan fingerprint density at radius 3 is 2.76 bits per heavy atom. The van der Waals surface area contributed by atoms with Gasteiger partial charge in [0.1, 0.15) is 0 Å². The van der Waals surface area contributed by atoms with E-state index in [1.165, 1.54) is 10.1 Å².